The molecule has 0 saturated carbocycles. The fourth-order valence-corrected chi connectivity index (χ4v) is 2.77. The quantitative estimate of drug-likeness (QED) is 0.802. The molecule has 15 heavy (non-hydrogen) atoms. The maximum Gasteiger partial charge on any atom is 0.186 e. The molecule has 0 aliphatic heterocycles. The number of fused-ring (bicyclic) bond motifs is 1. The van der Waals surface area contributed by atoms with Crippen molar-refractivity contribution in [3.8, 4) is 0 Å². The summed E-state index contributed by atoms with van der Waals surface area (Å²) in [6.07, 6.45) is 0. The standard InChI is InChI=1S/C11H13BrN2S/c1-8(7-12)14(2)11-13-9-5-3-4-6-10(9)15-11/h3-6,8H,7H2,1-2H3. The van der Waals surface area contributed by atoms with Gasteiger partial charge < -0.3 is 4.90 Å². The Bertz CT molecular complexity index is 422. The van der Waals surface area contributed by atoms with Crippen molar-refractivity contribution in [1.82, 2.24) is 4.98 Å². The molecular formula is C11H13BrN2S. The molecule has 0 N–H and O–H groups in total. The first-order valence-corrected chi connectivity index (χ1v) is 6.80. The zero-order chi connectivity index (χ0) is 10.8. The SMILES string of the molecule is CC(CBr)N(C)c1nc2ccccc2s1. The number of halogens is 1. The molecule has 0 spiro atoms. The maximum atomic E-state index is 4.61. The van der Waals surface area contributed by atoms with Crippen molar-refractivity contribution in [1.29, 1.82) is 0 Å². The fraction of sp³-hybridized carbons (Fsp3) is 0.364. The molecule has 4 heteroatoms. The van der Waals surface area contributed by atoms with Crippen LogP contribution >= 0.6 is 27.3 Å². The van der Waals surface area contributed by atoms with Crippen LogP contribution in [0.3, 0.4) is 0 Å². The number of thiazole rings is 1. The van der Waals surface area contributed by atoms with Gasteiger partial charge in [0.25, 0.3) is 0 Å². The molecule has 1 atom stereocenters. The second kappa shape index (κ2) is 4.49. The number of benzene rings is 1. The number of para-hydroxylation sites is 1. The van der Waals surface area contributed by atoms with Crippen LogP contribution in [0.1, 0.15) is 6.92 Å². The average molecular weight is 285 g/mol. The molecule has 1 unspecified atom stereocenters. The van der Waals surface area contributed by atoms with Crippen LogP contribution in [-0.2, 0) is 0 Å². The van der Waals surface area contributed by atoms with Gasteiger partial charge >= 0.3 is 0 Å². The normalized spacial score (nSPS) is 13.0. The largest absolute Gasteiger partial charge is 0.348 e. The number of alkyl halides is 1. The lowest BCUT2D eigenvalue weighted by atomic mass is 10.3. The van der Waals surface area contributed by atoms with Gasteiger partial charge in [0.1, 0.15) is 0 Å². The topological polar surface area (TPSA) is 16.1 Å². The molecule has 2 rings (SSSR count). The summed E-state index contributed by atoms with van der Waals surface area (Å²) in [5.74, 6) is 0. The van der Waals surface area contributed by atoms with Gasteiger partial charge in [0, 0.05) is 18.4 Å². The Balaban J connectivity index is 2.36. The summed E-state index contributed by atoms with van der Waals surface area (Å²) in [5.41, 5.74) is 1.09. The summed E-state index contributed by atoms with van der Waals surface area (Å²) in [4.78, 5) is 6.81. The highest BCUT2D eigenvalue weighted by Gasteiger charge is 2.12. The predicted molar refractivity (Wildman–Crippen MR) is 71.3 cm³/mol. The Labute approximate surface area is 102 Å². The molecule has 1 aromatic heterocycles. The minimum Gasteiger partial charge on any atom is -0.348 e. The van der Waals surface area contributed by atoms with Gasteiger partial charge in [-0.05, 0) is 19.1 Å². The summed E-state index contributed by atoms with van der Waals surface area (Å²) in [7, 11) is 2.09. The van der Waals surface area contributed by atoms with E-state index in [9.17, 15) is 0 Å². The predicted octanol–water partition coefficient (Wildman–Crippen LogP) is 3.52. The van der Waals surface area contributed by atoms with E-state index in [1.165, 1.54) is 4.70 Å². The number of hydrogen-bond acceptors (Lipinski definition) is 3. The van der Waals surface area contributed by atoms with E-state index in [-0.39, 0.29) is 0 Å². The van der Waals surface area contributed by atoms with Crippen LogP contribution in [-0.4, -0.2) is 23.4 Å². The lowest BCUT2D eigenvalue weighted by molar-refractivity contribution is 0.767. The summed E-state index contributed by atoms with van der Waals surface area (Å²) in [6.45, 7) is 2.18. The van der Waals surface area contributed by atoms with Gasteiger partial charge in [0.2, 0.25) is 0 Å². The van der Waals surface area contributed by atoms with Crippen LogP contribution in [0.5, 0.6) is 0 Å². The van der Waals surface area contributed by atoms with Crippen LogP contribution in [0.4, 0.5) is 5.13 Å². The fourth-order valence-electron chi connectivity index (χ4n) is 1.30. The molecule has 2 nitrogen and oxygen atoms in total. The first-order valence-electron chi connectivity index (χ1n) is 4.86. The monoisotopic (exact) mass is 284 g/mol. The molecule has 0 radical (unpaired) electrons. The molecule has 2 aromatic rings. The second-order valence-electron chi connectivity index (χ2n) is 3.58. The van der Waals surface area contributed by atoms with Gasteiger partial charge in [0.15, 0.2) is 5.13 Å². The third-order valence-corrected chi connectivity index (χ3v) is 4.53. The maximum absolute atomic E-state index is 4.61. The van der Waals surface area contributed by atoms with Gasteiger partial charge in [-0.1, -0.05) is 39.4 Å². The highest BCUT2D eigenvalue weighted by atomic mass is 79.9. The van der Waals surface area contributed by atoms with Gasteiger partial charge in [-0.2, -0.15) is 0 Å². The van der Waals surface area contributed by atoms with Gasteiger partial charge in [-0.15, -0.1) is 0 Å². The Morgan fingerprint density at radius 1 is 1.47 bits per heavy atom. The molecule has 1 heterocycles. The molecule has 0 aliphatic carbocycles. The molecule has 0 bridgehead atoms. The van der Waals surface area contributed by atoms with Crippen molar-refractivity contribution in [2.75, 3.05) is 17.3 Å². The summed E-state index contributed by atoms with van der Waals surface area (Å²) in [6, 6.07) is 8.72. The molecule has 0 fully saturated rings. The van der Waals surface area contributed by atoms with E-state index in [0.717, 1.165) is 16.0 Å². The first-order chi connectivity index (χ1) is 7.22. The van der Waals surface area contributed by atoms with Crippen molar-refractivity contribution < 1.29 is 0 Å². The third kappa shape index (κ3) is 2.16. The van der Waals surface area contributed by atoms with Gasteiger partial charge in [-0.3, -0.25) is 0 Å². The van der Waals surface area contributed by atoms with Crippen molar-refractivity contribution in [3.05, 3.63) is 24.3 Å². The number of nitrogens with zero attached hydrogens (tertiary/aromatic N) is 2. The van der Waals surface area contributed by atoms with Crippen molar-refractivity contribution >= 4 is 42.6 Å². The van der Waals surface area contributed by atoms with Crippen molar-refractivity contribution in [3.63, 3.8) is 0 Å². The van der Waals surface area contributed by atoms with E-state index in [2.05, 4.69) is 58.0 Å². The highest BCUT2D eigenvalue weighted by molar-refractivity contribution is 9.09. The molecule has 1 aromatic carbocycles. The number of rotatable bonds is 3. The van der Waals surface area contributed by atoms with Crippen LogP contribution in [0.2, 0.25) is 0 Å². The zero-order valence-corrected chi connectivity index (χ0v) is 11.2. The van der Waals surface area contributed by atoms with Gasteiger partial charge in [0.05, 0.1) is 10.2 Å². The lowest BCUT2D eigenvalue weighted by Crippen LogP contribution is -2.29. The highest BCUT2D eigenvalue weighted by Crippen LogP contribution is 2.28. The second-order valence-corrected chi connectivity index (χ2v) is 5.23. The van der Waals surface area contributed by atoms with Crippen LogP contribution in [0.25, 0.3) is 10.2 Å². The van der Waals surface area contributed by atoms with E-state index in [1.807, 2.05) is 6.07 Å². The Hall–Kier alpha value is -0.610. The van der Waals surface area contributed by atoms with E-state index in [0.29, 0.717) is 6.04 Å². The van der Waals surface area contributed by atoms with E-state index >= 15 is 0 Å². The Kier molecular flexibility index (Phi) is 3.26. The summed E-state index contributed by atoms with van der Waals surface area (Å²) < 4.78 is 1.25. The summed E-state index contributed by atoms with van der Waals surface area (Å²) >= 11 is 5.23. The van der Waals surface area contributed by atoms with Gasteiger partial charge in [-0.25, -0.2) is 4.98 Å². The average Bonchev–Trinajstić information content (AvgIpc) is 2.70. The van der Waals surface area contributed by atoms with Crippen molar-refractivity contribution in [2.45, 2.75) is 13.0 Å². The zero-order valence-electron chi connectivity index (χ0n) is 8.77. The smallest absolute Gasteiger partial charge is 0.186 e. The number of aromatic nitrogens is 1. The Morgan fingerprint density at radius 2 is 2.20 bits per heavy atom. The van der Waals surface area contributed by atoms with E-state index in [1.54, 1.807) is 11.3 Å². The Morgan fingerprint density at radius 3 is 2.87 bits per heavy atom. The van der Waals surface area contributed by atoms with Crippen LogP contribution in [0.15, 0.2) is 24.3 Å². The van der Waals surface area contributed by atoms with Crippen LogP contribution < -0.4 is 4.90 Å². The molecular weight excluding hydrogens is 272 g/mol. The van der Waals surface area contributed by atoms with E-state index in [4.69, 9.17) is 0 Å². The van der Waals surface area contributed by atoms with E-state index < -0.39 is 0 Å². The molecule has 0 aliphatic rings. The molecule has 0 saturated heterocycles. The third-order valence-electron chi connectivity index (χ3n) is 2.47. The first kappa shape index (κ1) is 10.9. The van der Waals surface area contributed by atoms with Crippen molar-refractivity contribution in [2.24, 2.45) is 0 Å². The lowest BCUT2D eigenvalue weighted by Gasteiger charge is -2.21. The molecule has 0 amide bonds. The molecule has 80 valence electrons. The minimum atomic E-state index is 0.463. The number of hydrogen-bond donors (Lipinski definition) is 0. The van der Waals surface area contributed by atoms with Crippen LogP contribution in [0, 0.1) is 0 Å². The number of anilines is 1. The minimum absolute atomic E-state index is 0.463. The summed E-state index contributed by atoms with van der Waals surface area (Å²) in [5, 5.41) is 2.04.